The molecule has 13 nitrogen and oxygen atoms in total. The maximum Gasteiger partial charge on any atom is 0.243 e. The average Bonchev–Trinajstić information content (AvgIpc) is 2.79. The molecule has 13 heteroatoms. The molecule has 0 saturated heterocycles. The van der Waals surface area contributed by atoms with Crippen LogP contribution in [0.3, 0.4) is 0 Å². The van der Waals surface area contributed by atoms with Crippen molar-refractivity contribution in [1.82, 2.24) is 25.8 Å². The van der Waals surface area contributed by atoms with Gasteiger partial charge in [-0.2, -0.15) is 15.2 Å². The second kappa shape index (κ2) is 19.6. The molecule has 3 atom stereocenters. The van der Waals surface area contributed by atoms with Gasteiger partial charge in [0.05, 0.1) is 0 Å². The van der Waals surface area contributed by atoms with Crippen molar-refractivity contribution in [3.05, 3.63) is 12.2 Å². The second-order valence-corrected chi connectivity index (χ2v) is 8.09. The topological polar surface area (TPSA) is 189 Å². The number of hydrogen-bond donors (Lipinski definition) is 8. The molecular weight excluding hydrogens is 450 g/mol. The summed E-state index contributed by atoms with van der Waals surface area (Å²) in [6, 6.07) is 0. The number of hydroxylamine groups is 6. The molecule has 0 spiro atoms. The number of rotatable bonds is 20. The van der Waals surface area contributed by atoms with Crippen molar-refractivity contribution in [2.24, 2.45) is 0 Å². The molecule has 0 aliphatic rings. The van der Waals surface area contributed by atoms with Gasteiger partial charge in [-0.1, -0.05) is 12.8 Å². The standard InChI is InChI=1S/C21H43N5O8/c1-17(27)25(33)15-7-3-5-13-23-19(29)10-12-21(31)26(34)16-8-4-6-14-22-18(28)9-11-20(30)24(2)32/h10,12,17,20-21,27,30-34H,3-9,11,13-16H2,1-2H3,(H,22,28)(H,23,29)/b12-10-. The number of aliphatic hydroxyl groups excluding tert-OH is 3. The Balaban J connectivity index is 3.79. The Kier molecular flexibility index (Phi) is 18.6. The van der Waals surface area contributed by atoms with Gasteiger partial charge in [0.2, 0.25) is 11.8 Å². The SMILES string of the molecule is CC(O)N(O)CCCCCNC(=O)/C=C\C(O)N(O)CCCCCNC(=O)CCC(O)N(C)O. The molecule has 0 radical (unpaired) electrons. The van der Waals surface area contributed by atoms with Crippen molar-refractivity contribution in [1.29, 1.82) is 0 Å². The van der Waals surface area contributed by atoms with Crippen LogP contribution >= 0.6 is 0 Å². The summed E-state index contributed by atoms with van der Waals surface area (Å²) in [5.74, 6) is -0.620. The van der Waals surface area contributed by atoms with Gasteiger partial charge < -0.3 is 41.6 Å². The van der Waals surface area contributed by atoms with E-state index in [9.17, 15) is 30.2 Å². The lowest BCUT2D eigenvalue weighted by Gasteiger charge is -2.18. The monoisotopic (exact) mass is 493 g/mol. The van der Waals surface area contributed by atoms with Crippen molar-refractivity contribution >= 4 is 11.8 Å². The first-order valence-electron chi connectivity index (χ1n) is 11.6. The first-order valence-corrected chi connectivity index (χ1v) is 11.6. The van der Waals surface area contributed by atoms with E-state index < -0.39 is 24.6 Å². The van der Waals surface area contributed by atoms with E-state index in [-0.39, 0.29) is 25.3 Å². The lowest BCUT2D eigenvalue weighted by molar-refractivity contribution is -0.188. The van der Waals surface area contributed by atoms with Crippen LogP contribution in [-0.4, -0.2) is 110 Å². The molecule has 0 heterocycles. The van der Waals surface area contributed by atoms with Gasteiger partial charge in [0.15, 0.2) is 0 Å². The van der Waals surface area contributed by atoms with Crippen LogP contribution in [0.5, 0.6) is 0 Å². The lowest BCUT2D eigenvalue weighted by Crippen LogP contribution is -2.32. The largest absolute Gasteiger partial charge is 0.377 e. The summed E-state index contributed by atoms with van der Waals surface area (Å²) < 4.78 is 0. The molecular formula is C21H43N5O8. The van der Waals surface area contributed by atoms with E-state index in [1.54, 1.807) is 0 Å². The Morgan fingerprint density at radius 1 is 0.853 bits per heavy atom. The smallest absolute Gasteiger partial charge is 0.243 e. The molecule has 200 valence electrons. The van der Waals surface area contributed by atoms with Gasteiger partial charge in [0.1, 0.15) is 18.7 Å². The maximum atomic E-state index is 11.8. The van der Waals surface area contributed by atoms with Gasteiger partial charge in [0, 0.05) is 45.7 Å². The minimum Gasteiger partial charge on any atom is -0.377 e. The van der Waals surface area contributed by atoms with Gasteiger partial charge >= 0.3 is 0 Å². The minimum absolute atomic E-state index is 0.0923. The highest BCUT2D eigenvalue weighted by atomic mass is 16.5. The van der Waals surface area contributed by atoms with E-state index in [0.29, 0.717) is 56.8 Å². The second-order valence-electron chi connectivity index (χ2n) is 8.09. The molecule has 0 saturated carbocycles. The highest BCUT2D eigenvalue weighted by Gasteiger charge is 2.12. The summed E-state index contributed by atoms with van der Waals surface area (Å²) in [7, 11) is 1.30. The third-order valence-corrected chi connectivity index (χ3v) is 4.97. The Hall–Kier alpha value is -1.68. The molecule has 3 unspecified atom stereocenters. The molecule has 0 aromatic heterocycles. The van der Waals surface area contributed by atoms with Crippen LogP contribution in [-0.2, 0) is 9.59 Å². The molecule has 0 bridgehead atoms. The molecule has 0 rings (SSSR count). The zero-order chi connectivity index (χ0) is 25.9. The average molecular weight is 494 g/mol. The summed E-state index contributed by atoms with van der Waals surface area (Å²) in [6.07, 6.45) is 3.29. The predicted octanol–water partition coefficient (Wildman–Crippen LogP) is -0.426. The fourth-order valence-electron chi connectivity index (χ4n) is 2.78. The Bertz CT molecular complexity index is 579. The number of carbonyl (C=O) groups excluding carboxylic acids is 2. The number of nitrogens with one attached hydrogen (secondary N) is 2. The number of hydrogen-bond acceptors (Lipinski definition) is 11. The number of nitrogens with zero attached hydrogens (tertiary/aromatic N) is 3. The maximum absolute atomic E-state index is 11.8. The van der Waals surface area contributed by atoms with Crippen LogP contribution in [0.1, 0.15) is 58.3 Å². The first kappa shape index (κ1) is 32.3. The highest BCUT2D eigenvalue weighted by molar-refractivity contribution is 5.87. The summed E-state index contributed by atoms with van der Waals surface area (Å²) in [4.78, 5) is 23.4. The minimum atomic E-state index is -1.32. The summed E-state index contributed by atoms with van der Waals surface area (Å²) in [5.41, 5.74) is 0. The number of amides is 2. The Morgan fingerprint density at radius 2 is 1.41 bits per heavy atom. The van der Waals surface area contributed by atoms with E-state index in [1.807, 2.05) is 0 Å². The molecule has 0 aliphatic heterocycles. The molecule has 34 heavy (non-hydrogen) atoms. The number of carbonyl (C=O) groups is 2. The van der Waals surface area contributed by atoms with Crippen LogP contribution in [0.2, 0.25) is 0 Å². The predicted molar refractivity (Wildman–Crippen MR) is 122 cm³/mol. The molecule has 2 amide bonds. The van der Waals surface area contributed by atoms with Gasteiger partial charge in [-0.3, -0.25) is 9.59 Å². The van der Waals surface area contributed by atoms with E-state index in [0.717, 1.165) is 22.6 Å². The van der Waals surface area contributed by atoms with Crippen molar-refractivity contribution in [3.8, 4) is 0 Å². The quantitative estimate of drug-likeness (QED) is 0.0475. The van der Waals surface area contributed by atoms with Crippen molar-refractivity contribution in [3.63, 3.8) is 0 Å². The Labute approximate surface area is 201 Å². The first-order chi connectivity index (χ1) is 16.0. The fraction of sp³-hybridized carbons (Fsp3) is 0.810. The van der Waals surface area contributed by atoms with Gasteiger partial charge in [-0.05, 0) is 45.1 Å². The third-order valence-electron chi connectivity index (χ3n) is 4.97. The lowest BCUT2D eigenvalue weighted by atomic mass is 10.2. The Morgan fingerprint density at radius 3 is 1.97 bits per heavy atom. The highest BCUT2D eigenvalue weighted by Crippen LogP contribution is 2.02. The van der Waals surface area contributed by atoms with Gasteiger partial charge in [-0.25, -0.2) is 0 Å². The molecule has 8 N–H and O–H groups in total. The summed E-state index contributed by atoms with van der Waals surface area (Å²) >= 11 is 0. The van der Waals surface area contributed by atoms with Crippen LogP contribution in [0, 0.1) is 0 Å². The van der Waals surface area contributed by atoms with Gasteiger partial charge in [0.25, 0.3) is 0 Å². The fourth-order valence-corrected chi connectivity index (χ4v) is 2.78. The van der Waals surface area contributed by atoms with Crippen molar-refractivity contribution in [2.75, 3.05) is 33.2 Å². The molecule has 0 aromatic carbocycles. The van der Waals surface area contributed by atoms with Crippen LogP contribution in [0.15, 0.2) is 12.2 Å². The van der Waals surface area contributed by atoms with Crippen LogP contribution in [0.25, 0.3) is 0 Å². The summed E-state index contributed by atoms with van der Waals surface area (Å²) in [6.45, 7) is 2.86. The van der Waals surface area contributed by atoms with Gasteiger partial charge in [-0.15, -0.1) is 0 Å². The van der Waals surface area contributed by atoms with Crippen molar-refractivity contribution < 1.29 is 40.5 Å². The zero-order valence-electron chi connectivity index (χ0n) is 20.2. The normalized spacial score (nSPS) is 14.7. The third kappa shape index (κ3) is 17.8. The van der Waals surface area contributed by atoms with E-state index in [1.165, 1.54) is 20.0 Å². The van der Waals surface area contributed by atoms with Crippen LogP contribution < -0.4 is 10.6 Å². The molecule has 0 aromatic rings. The molecule has 0 fully saturated rings. The number of unbranched alkanes of at least 4 members (excludes halogenated alkanes) is 4. The summed E-state index contributed by atoms with van der Waals surface area (Å²) in [5, 5.41) is 64.1. The van der Waals surface area contributed by atoms with Crippen molar-refractivity contribution in [2.45, 2.75) is 77.0 Å². The molecule has 0 aliphatic carbocycles. The number of aliphatic hydroxyl groups is 3. The zero-order valence-corrected chi connectivity index (χ0v) is 20.2. The van der Waals surface area contributed by atoms with E-state index in [4.69, 9.17) is 10.3 Å². The van der Waals surface area contributed by atoms with Crippen LogP contribution in [0.4, 0.5) is 0 Å². The van der Waals surface area contributed by atoms with E-state index >= 15 is 0 Å². The van der Waals surface area contributed by atoms with E-state index in [2.05, 4.69) is 10.6 Å².